The SMILES string of the molecule is CCCCN1CCN(C(=O)c2ccc(CO)cc2)CC1. The summed E-state index contributed by atoms with van der Waals surface area (Å²) in [6.45, 7) is 6.93. The average Bonchev–Trinajstić information content (AvgIpc) is 2.53. The van der Waals surface area contributed by atoms with E-state index in [-0.39, 0.29) is 12.5 Å². The summed E-state index contributed by atoms with van der Waals surface area (Å²) in [6, 6.07) is 7.23. The van der Waals surface area contributed by atoms with Crippen LogP contribution < -0.4 is 0 Å². The van der Waals surface area contributed by atoms with Gasteiger partial charge in [0.2, 0.25) is 0 Å². The number of carbonyl (C=O) groups is 1. The maximum absolute atomic E-state index is 12.4. The van der Waals surface area contributed by atoms with E-state index in [1.807, 2.05) is 17.0 Å². The Bertz CT molecular complexity index is 423. The Labute approximate surface area is 121 Å². The number of aliphatic hydroxyl groups excluding tert-OH is 1. The molecule has 4 heteroatoms. The van der Waals surface area contributed by atoms with Crippen LogP contribution in [0.2, 0.25) is 0 Å². The van der Waals surface area contributed by atoms with Crippen molar-refractivity contribution < 1.29 is 9.90 Å². The fourth-order valence-corrected chi connectivity index (χ4v) is 2.49. The normalized spacial score (nSPS) is 16.4. The van der Waals surface area contributed by atoms with Gasteiger partial charge in [0.1, 0.15) is 0 Å². The number of rotatable bonds is 5. The molecular weight excluding hydrogens is 252 g/mol. The van der Waals surface area contributed by atoms with Gasteiger partial charge in [0.05, 0.1) is 6.61 Å². The Kier molecular flexibility index (Phi) is 5.56. The first-order valence-electron chi connectivity index (χ1n) is 7.46. The van der Waals surface area contributed by atoms with Gasteiger partial charge in [-0.2, -0.15) is 0 Å². The predicted molar refractivity (Wildman–Crippen MR) is 79.6 cm³/mol. The van der Waals surface area contributed by atoms with E-state index in [0.29, 0.717) is 5.56 Å². The van der Waals surface area contributed by atoms with Crippen LogP contribution >= 0.6 is 0 Å². The molecule has 0 spiro atoms. The van der Waals surface area contributed by atoms with E-state index in [0.717, 1.165) is 38.3 Å². The molecule has 0 aliphatic carbocycles. The molecule has 110 valence electrons. The van der Waals surface area contributed by atoms with Crippen molar-refractivity contribution in [2.45, 2.75) is 26.4 Å². The first-order valence-corrected chi connectivity index (χ1v) is 7.46. The summed E-state index contributed by atoms with van der Waals surface area (Å²) in [5.74, 6) is 0.102. The average molecular weight is 276 g/mol. The van der Waals surface area contributed by atoms with Crippen LogP contribution in [0.4, 0.5) is 0 Å². The molecule has 1 amide bonds. The number of amides is 1. The third-order valence-corrected chi connectivity index (χ3v) is 3.87. The second-order valence-corrected chi connectivity index (χ2v) is 5.34. The van der Waals surface area contributed by atoms with Gasteiger partial charge in [-0.05, 0) is 30.7 Å². The van der Waals surface area contributed by atoms with Gasteiger partial charge in [0, 0.05) is 31.7 Å². The Morgan fingerprint density at radius 2 is 1.80 bits per heavy atom. The van der Waals surface area contributed by atoms with Gasteiger partial charge in [-0.25, -0.2) is 0 Å². The molecule has 0 saturated carbocycles. The summed E-state index contributed by atoms with van der Waals surface area (Å²) in [4.78, 5) is 16.7. The zero-order valence-corrected chi connectivity index (χ0v) is 12.2. The zero-order valence-electron chi connectivity index (χ0n) is 12.2. The number of hydrogen-bond acceptors (Lipinski definition) is 3. The van der Waals surface area contributed by atoms with Crippen molar-refractivity contribution in [3.8, 4) is 0 Å². The topological polar surface area (TPSA) is 43.8 Å². The maximum Gasteiger partial charge on any atom is 0.253 e. The highest BCUT2D eigenvalue weighted by Crippen LogP contribution is 2.11. The van der Waals surface area contributed by atoms with E-state index in [1.165, 1.54) is 12.8 Å². The van der Waals surface area contributed by atoms with Crippen LogP contribution in [0.5, 0.6) is 0 Å². The highest BCUT2D eigenvalue weighted by molar-refractivity contribution is 5.94. The second-order valence-electron chi connectivity index (χ2n) is 5.34. The van der Waals surface area contributed by atoms with Crippen molar-refractivity contribution in [2.75, 3.05) is 32.7 Å². The molecule has 1 aliphatic heterocycles. The molecule has 1 heterocycles. The molecule has 4 nitrogen and oxygen atoms in total. The monoisotopic (exact) mass is 276 g/mol. The van der Waals surface area contributed by atoms with Gasteiger partial charge in [0.15, 0.2) is 0 Å². The molecule has 1 aromatic carbocycles. The molecule has 0 bridgehead atoms. The molecule has 1 saturated heterocycles. The summed E-state index contributed by atoms with van der Waals surface area (Å²) in [7, 11) is 0. The Balaban J connectivity index is 1.87. The lowest BCUT2D eigenvalue weighted by atomic mass is 10.1. The van der Waals surface area contributed by atoms with Crippen LogP contribution in [0.25, 0.3) is 0 Å². The standard InChI is InChI=1S/C16H24N2O2/c1-2-3-8-17-9-11-18(12-10-17)16(20)15-6-4-14(13-19)5-7-15/h4-7,19H,2-3,8-13H2,1H3. The zero-order chi connectivity index (χ0) is 14.4. The third-order valence-electron chi connectivity index (χ3n) is 3.87. The molecule has 0 aromatic heterocycles. The first kappa shape index (κ1) is 15.0. The van der Waals surface area contributed by atoms with Crippen molar-refractivity contribution in [2.24, 2.45) is 0 Å². The molecule has 1 fully saturated rings. The van der Waals surface area contributed by atoms with Crippen LogP contribution in [0.15, 0.2) is 24.3 Å². The van der Waals surface area contributed by atoms with Crippen LogP contribution in [0.1, 0.15) is 35.7 Å². The lowest BCUT2D eigenvalue weighted by Gasteiger charge is -2.34. The summed E-state index contributed by atoms with van der Waals surface area (Å²) < 4.78 is 0. The van der Waals surface area contributed by atoms with Crippen molar-refractivity contribution >= 4 is 5.91 Å². The minimum atomic E-state index is 0.0184. The summed E-state index contributed by atoms with van der Waals surface area (Å²) in [5.41, 5.74) is 1.55. The minimum absolute atomic E-state index is 0.0184. The fourth-order valence-electron chi connectivity index (χ4n) is 2.49. The van der Waals surface area contributed by atoms with Crippen molar-refractivity contribution in [3.63, 3.8) is 0 Å². The number of piperazine rings is 1. The number of benzene rings is 1. The second kappa shape index (κ2) is 7.41. The number of aliphatic hydroxyl groups is 1. The van der Waals surface area contributed by atoms with Crippen molar-refractivity contribution in [1.82, 2.24) is 9.80 Å². The molecule has 1 aromatic rings. The maximum atomic E-state index is 12.4. The van der Waals surface area contributed by atoms with Gasteiger partial charge in [-0.3, -0.25) is 9.69 Å². The van der Waals surface area contributed by atoms with Crippen LogP contribution in [0, 0.1) is 0 Å². The first-order chi connectivity index (χ1) is 9.74. The molecule has 2 rings (SSSR count). The number of nitrogens with zero attached hydrogens (tertiary/aromatic N) is 2. The quantitative estimate of drug-likeness (QED) is 0.891. The van der Waals surface area contributed by atoms with E-state index < -0.39 is 0 Å². The summed E-state index contributed by atoms with van der Waals surface area (Å²) >= 11 is 0. The van der Waals surface area contributed by atoms with Crippen molar-refractivity contribution in [3.05, 3.63) is 35.4 Å². The molecule has 0 radical (unpaired) electrons. The predicted octanol–water partition coefficient (Wildman–Crippen LogP) is 1.74. The highest BCUT2D eigenvalue weighted by Gasteiger charge is 2.21. The van der Waals surface area contributed by atoms with Gasteiger partial charge in [-0.15, -0.1) is 0 Å². The van der Waals surface area contributed by atoms with E-state index in [2.05, 4.69) is 11.8 Å². The largest absolute Gasteiger partial charge is 0.392 e. The van der Waals surface area contributed by atoms with E-state index in [9.17, 15) is 4.79 Å². The molecule has 0 unspecified atom stereocenters. The molecule has 20 heavy (non-hydrogen) atoms. The Hall–Kier alpha value is -1.39. The third kappa shape index (κ3) is 3.81. The van der Waals surface area contributed by atoms with Gasteiger partial charge in [0.25, 0.3) is 5.91 Å². The smallest absolute Gasteiger partial charge is 0.253 e. The molecule has 1 aliphatic rings. The summed E-state index contributed by atoms with van der Waals surface area (Å²) in [6.07, 6.45) is 2.45. The number of carbonyl (C=O) groups excluding carboxylic acids is 1. The van der Waals surface area contributed by atoms with Crippen LogP contribution in [-0.4, -0.2) is 53.5 Å². The minimum Gasteiger partial charge on any atom is -0.392 e. The van der Waals surface area contributed by atoms with Crippen LogP contribution in [0.3, 0.4) is 0 Å². The Morgan fingerprint density at radius 3 is 2.35 bits per heavy atom. The fraction of sp³-hybridized carbons (Fsp3) is 0.562. The number of unbranched alkanes of at least 4 members (excludes halogenated alkanes) is 1. The van der Waals surface area contributed by atoms with E-state index in [1.54, 1.807) is 12.1 Å². The molecular formula is C16H24N2O2. The molecule has 0 atom stereocenters. The summed E-state index contributed by atoms with van der Waals surface area (Å²) in [5, 5.41) is 9.01. The molecule has 1 N–H and O–H groups in total. The van der Waals surface area contributed by atoms with E-state index >= 15 is 0 Å². The highest BCUT2D eigenvalue weighted by atomic mass is 16.3. The van der Waals surface area contributed by atoms with Gasteiger partial charge < -0.3 is 10.0 Å². The lowest BCUT2D eigenvalue weighted by Crippen LogP contribution is -2.48. The van der Waals surface area contributed by atoms with Crippen molar-refractivity contribution in [1.29, 1.82) is 0 Å². The number of hydrogen-bond donors (Lipinski definition) is 1. The van der Waals surface area contributed by atoms with Gasteiger partial charge >= 0.3 is 0 Å². The lowest BCUT2D eigenvalue weighted by molar-refractivity contribution is 0.0635. The van der Waals surface area contributed by atoms with Crippen LogP contribution in [-0.2, 0) is 6.61 Å². The van der Waals surface area contributed by atoms with E-state index in [4.69, 9.17) is 5.11 Å². The van der Waals surface area contributed by atoms with Gasteiger partial charge in [-0.1, -0.05) is 25.5 Å². The Morgan fingerprint density at radius 1 is 1.15 bits per heavy atom.